The van der Waals surface area contributed by atoms with Gasteiger partial charge in [-0.3, -0.25) is 14.4 Å². The van der Waals surface area contributed by atoms with Crippen LogP contribution >= 0.6 is 0 Å². The summed E-state index contributed by atoms with van der Waals surface area (Å²) in [5.74, 6) is -3.53. The van der Waals surface area contributed by atoms with Crippen molar-refractivity contribution >= 4 is 23.7 Å². The molecule has 1 rings (SSSR count). The molecule has 0 saturated heterocycles. The van der Waals surface area contributed by atoms with Crippen LogP contribution in [0.4, 0.5) is 0 Å². The van der Waals surface area contributed by atoms with Crippen molar-refractivity contribution in [2.24, 2.45) is 23.3 Å². The number of aliphatic carboxylic acids is 1. The van der Waals surface area contributed by atoms with Gasteiger partial charge in [-0.25, -0.2) is 4.79 Å². The number of hydrogen-bond donors (Lipinski definition) is 7. The summed E-state index contributed by atoms with van der Waals surface area (Å²) in [4.78, 5) is 50.4. The van der Waals surface area contributed by atoms with Crippen LogP contribution in [0.15, 0.2) is 24.3 Å². The van der Waals surface area contributed by atoms with Crippen LogP contribution in [0.2, 0.25) is 0 Å². The molecule has 0 saturated carbocycles. The summed E-state index contributed by atoms with van der Waals surface area (Å²) in [5, 5.41) is 26.8. The van der Waals surface area contributed by atoms with Gasteiger partial charge in [-0.15, -0.1) is 0 Å². The minimum absolute atomic E-state index is 0.00711. The maximum atomic E-state index is 13.1. The van der Waals surface area contributed by atoms with E-state index in [1.807, 2.05) is 0 Å². The largest absolute Gasteiger partial charge is 0.508 e. The summed E-state index contributed by atoms with van der Waals surface area (Å²) in [6.45, 7) is 7.45. The molecule has 11 nitrogen and oxygen atoms in total. The third-order valence-corrected chi connectivity index (χ3v) is 5.79. The van der Waals surface area contributed by atoms with Gasteiger partial charge in [0.15, 0.2) is 0 Å². The Morgan fingerprint density at radius 3 is 1.81 bits per heavy atom. The van der Waals surface area contributed by atoms with Gasteiger partial charge in [-0.05, 0) is 48.9 Å². The van der Waals surface area contributed by atoms with Crippen LogP contribution in [-0.2, 0) is 25.6 Å². The van der Waals surface area contributed by atoms with Crippen molar-refractivity contribution in [1.82, 2.24) is 16.0 Å². The van der Waals surface area contributed by atoms with Crippen molar-refractivity contribution in [1.29, 1.82) is 0 Å². The van der Waals surface area contributed by atoms with Gasteiger partial charge < -0.3 is 37.6 Å². The number of phenols is 1. The predicted molar refractivity (Wildman–Crippen MR) is 136 cm³/mol. The summed E-state index contributed by atoms with van der Waals surface area (Å²) < 4.78 is 0. The Kier molecular flexibility index (Phi) is 12.9. The van der Waals surface area contributed by atoms with Gasteiger partial charge in [0, 0.05) is 6.42 Å². The highest BCUT2D eigenvalue weighted by molar-refractivity contribution is 5.94. The van der Waals surface area contributed by atoms with Crippen LogP contribution in [-0.4, -0.2) is 64.6 Å². The Balaban J connectivity index is 2.89. The maximum Gasteiger partial charge on any atom is 0.326 e. The van der Waals surface area contributed by atoms with Crippen LogP contribution in [0.5, 0.6) is 5.75 Å². The Labute approximate surface area is 212 Å². The Morgan fingerprint density at radius 2 is 1.33 bits per heavy atom. The SMILES string of the molecule is CC(C)C(NC(=O)C(N)CCCCN)C(=O)NC(C(=O)NC(Cc1ccc(O)cc1)C(=O)O)C(C)C. The first-order valence-electron chi connectivity index (χ1n) is 12.2. The normalized spacial score (nSPS) is 14.6. The van der Waals surface area contributed by atoms with Gasteiger partial charge >= 0.3 is 5.97 Å². The molecule has 0 aromatic heterocycles. The molecule has 0 aliphatic carbocycles. The third-order valence-electron chi connectivity index (χ3n) is 5.79. The smallest absolute Gasteiger partial charge is 0.326 e. The Morgan fingerprint density at radius 1 is 0.833 bits per heavy atom. The molecule has 0 fully saturated rings. The molecule has 0 heterocycles. The fraction of sp³-hybridized carbons (Fsp3) is 0.600. The van der Waals surface area contributed by atoms with Gasteiger partial charge in [0.05, 0.1) is 6.04 Å². The lowest BCUT2D eigenvalue weighted by atomic mass is 9.98. The zero-order valence-electron chi connectivity index (χ0n) is 21.5. The average Bonchev–Trinajstić information content (AvgIpc) is 2.80. The number of amides is 3. The molecular formula is C25H41N5O6. The first kappa shape index (κ1) is 30.9. The van der Waals surface area contributed by atoms with Crippen LogP contribution in [0.1, 0.15) is 52.5 Å². The lowest BCUT2D eigenvalue weighted by molar-refractivity contribution is -0.142. The fourth-order valence-corrected chi connectivity index (χ4v) is 3.54. The van der Waals surface area contributed by atoms with Gasteiger partial charge in [0.1, 0.15) is 23.9 Å². The van der Waals surface area contributed by atoms with Crippen LogP contribution in [0, 0.1) is 11.8 Å². The van der Waals surface area contributed by atoms with Gasteiger partial charge in [-0.2, -0.15) is 0 Å². The molecule has 4 unspecified atom stereocenters. The second kappa shape index (κ2) is 15.0. The van der Waals surface area contributed by atoms with Crippen molar-refractivity contribution in [2.75, 3.05) is 6.54 Å². The molecule has 4 atom stereocenters. The van der Waals surface area contributed by atoms with E-state index in [4.69, 9.17) is 11.5 Å². The molecule has 3 amide bonds. The minimum Gasteiger partial charge on any atom is -0.508 e. The molecule has 1 aromatic carbocycles. The molecule has 0 aliphatic rings. The van der Waals surface area contributed by atoms with Crippen molar-refractivity contribution in [3.05, 3.63) is 29.8 Å². The summed E-state index contributed by atoms with van der Waals surface area (Å²) in [7, 11) is 0. The van der Waals surface area contributed by atoms with E-state index in [9.17, 15) is 29.4 Å². The molecular weight excluding hydrogens is 466 g/mol. The number of carboxylic acid groups (broad SMARTS) is 1. The molecule has 11 heteroatoms. The fourth-order valence-electron chi connectivity index (χ4n) is 3.54. The van der Waals surface area contributed by atoms with Crippen molar-refractivity contribution in [2.45, 2.75) is 77.5 Å². The standard InChI is InChI=1S/C25H41N5O6/c1-14(2)20(23(33)28-19(25(35)36)13-16-8-10-17(31)11-9-16)30-24(34)21(15(3)4)29-22(32)18(27)7-5-6-12-26/h8-11,14-15,18-21,31H,5-7,12-13,26-27H2,1-4H3,(H,28,33)(H,29,32)(H,30,34)(H,35,36). The zero-order valence-corrected chi connectivity index (χ0v) is 21.5. The number of nitrogens with one attached hydrogen (secondary N) is 3. The number of carbonyl (C=O) groups excluding carboxylic acids is 3. The lowest BCUT2D eigenvalue weighted by Gasteiger charge is -2.28. The number of unbranched alkanes of at least 4 members (excludes halogenated alkanes) is 1. The van der Waals surface area contributed by atoms with Crippen LogP contribution < -0.4 is 27.4 Å². The van der Waals surface area contributed by atoms with E-state index >= 15 is 0 Å². The first-order valence-corrected chi connectivity index (χ1v) is 12.2. The average molecular weight is 508 g/mol. The molecule has 0 radical (unpaired) electrons. The van der Waals surface area contributed by atoms with E-state index in [0.717, 1.165) is 6.42 Å². The van der Waals surface area contributed by atoms with E-state index in [-0.39, 0.29) is 24.0 Å². The first-order chi connectivity index (χ1) is 16.9. The highest BCUT2D eigenvalue weighted by Crippen LogP contribution is 2.13. The van der Waals surface area contributed by atoms with Gasteiger partial charge in [0.25, 0.3) is 0 Å². The number of nitrogens with two attached hydrogens (primary N) is 2. The number of phenolic OH excluding ortho intramolecular Hbond substituents is 1. The summed E-state index contributed by atoms with van der Waals surface area (Å²) in [6, 6.07) is 1.99. The van der Waals surface area contributed by atoms with Gasteiger partial charge in [0.2, 0.25) is 17.7 Å². The molecule has 36 heavy (non-hydrogen) atoms. The quantitative estimate of drug-likeness (QED) is 0.164. The lowest BCUT2D eigenvalue weighted by Crippen LogP contribution is -2.59. The minimum atomic E-state index is -1.24. The van der Waals surface area contributed by atoms with Crippen molar-refractivity contribution in [3.63, 3.8) is 0 Å². The van der Waals surface area contributed by atoms with E-state index in [1.165, 1.54) is 12.1 Å². The van der Waals surface area contributed by atoms with E-state index < -0.39 is 47.9 Å². The van der Waals surface area contributed by atoms with Gasteiger partial charge in [-0.1, -0.05) is 46.2 Å². The van der Waals surface area contributed by atoms with E-state index in [1.54, 1.807) is 39.8 Å². The predicted octanol–water partition coefficient (Wildman–Crippen LogP) is 0.242. The third kappa shape index (κ3) is 10.2. The highest BCUT2D eigenvalue weighted by atomic mass is 16.4. The Hall–Kier alpha value is -3.18. The molecule has 9 N–H and O–H groups in total. The second-order valence-electron chi connectivity index (χ2n) is 9.62. The van der Waals surface area contributed by atoms with Crippen LogP contribution in [0.25, 0.3) is 0 Å². The number of carboxylic acids is 1. The number of carbonyl (C=O) groups is 4. The zero-order chi connectivity index (χ0) is 27.4. The number of aromatic hydroxyl groups is 1. The topological polar surface area (TPSA) is 197 Å². The van der Waals surface area contributed by atoms with E-state index in [0.29, 0.717) is 24.9 Å². The molecule has 0 bridgehead atoms. The Bertz CT molecular complexity index is 874. The van der Waals surface area contributed by atoms with Crippen molar-refractivity contribution < 1.29 is 29.4 Å². The monoisotopic (exact) mass is 507 g/mol. The summed E-state index contributed by atoms with van der Waals surface area (Å²) in [5.41, 5.74) is 12.0. The van der Waals surface area contributed by atoms with Crippen LogP contribution in [0.3, 0.4) is 0 Å². The molecule has 0 spiro atoms. The highest BCUT2D eigenvalue weighted by Gasteiger charge is 2.33. The number of rotatable bonds is 15. The number of hydrogen-bond acceptors (Lipinski definition) is 7. The summed E-state index contributed by atoms with van der Waals surface area (Å²) >= 11 is 0. The maximum absolute atomic E-state index is 13.1. The number of benzene rings is 1. The molecule has 1 aromatic rings. The molecule has 0 aliphatic heterocycles. The molecule has 202 valence electrons. The van der Waals surface area contributed by atoms with Crippen molar-refractivity contribution in [3.8, 4) is 5.75 Å². The van der Waals surface area contributed by atoms with E-state index in [2.05, 4.69) is 16.0 Å². The second-order valence-corrected chi connectivity index (χ2v) is 9.62. The summed E-state index contributed by atoms with van der Waals surface area (Å²) in [6.07, 6.45) is 1.86.